The number of hydrogen-bond donors (Lipinski definition) is 2. The summed E-state index contributed by atoms with van der Waals surface area (Å²) in [5.41, 5.74) is 7.89. The highest BCUT2D eigenvalue weighted by molar-refractivity contribution is 5.96. The summed E-state index contributed by atoms with van der Waals surface area (Å²) in [7, 11) is 0. The van der Waals surface area contributed by atoms with Crippen LogP contribution in [0.3, 0.4) is 0 Å². The number of hydrogen-bond acceptors (Lipinski definition) is 3. The van der Waals surface area contributed by atoms with Gasteiger partial charge in [-0.1, -0.05) is 19.9 Å². The highest BCUT2D eigenvalue weighted by atomic mass is 16.2. The fraction of sp³-hybridized carbons (Fsp3) is 0.455. The van der Waals surface area contributed by atoms with Gasteiger partial charge in [0.25, 0.3) is 0 Å². The molecule has 1 atom stereocenters. The van der Waals surface area contributed by atoms with Crippen molar-refractivity contribution >= 4 is 11.7 Å². The van der Waals surface area contributed by atoms with Crippen LogP contribution in [0.2, 0.25) is 0 Å². The molecule has 0 aromatic carbocycles. The predicted octanol–water partition coefficient (Wildman–Crippen LogP) is 1.03. The van der Waals surface area contributed by atoms with Crippen LogP contribution in [0.15, 0.2) is 12.3 Å². The summed E-state index contributed by atoms with van der Waals surface area (Å²) in [6.07, 6.45) is 2.38. The van der Waals surface area contributed by atoms with E-state index in [2.05, 4.69) is 30.2 Å². The molecule has 0 saturated carbocycles. The van der Waals surface area contributed by atoms with Gasteiger partial charge in [-0.05, 0) is 17.0 Å². The van der Waals surface area contributed by atoms with Crippen molar-refractivity contribution in [3.63, 3.8) is 0 Å². The highest BCUT2D eigenvalue weighted by Gasteiger charge is 2.23. The second-order valence-electron chi connectivity index (χ2n) is 4.23. The minimum absolute atomic E-state index is 0.146. The van der Waals surface area contributed by atoms with Gasteiger partial charge in [0.1, 0.15) is 5.82 Å². The maximum absolute atomic E-state index is 11.3. The first-order chi connectivity index (χ1) is 7.08. The Balaban J connectivity index is 2.37. The van der Waals surface area contributed by atoms with Crippen LogP contribution in [-0.2, 0) is 11.2 Å². The van der Waals surface area contributed by atoms with Crippen molar-refractivity contribution in [1.82, 2.24) is 4.98 Å². The van der Waals surface area contributed by atoms with E-state index in [1.807, 2.05) is 0 Å². The van der Waals surface area contributed by atoms with Crippen molar-refractivity contribution in [2.45, 2.75) is 32.2 Å². The molecule has 4 nitrogen and oxygen atoms in total. The van der Waals surface area contributed by atoms with E-state index in [-0.39, 0.29) is 5.91 Å². The minimum atomic E-state index is -0.443. The first-order valence-electron chi connectivity index (χ1n) is 5.13. The quantitative estimate of drug-likeness (QED) is 0.719. The summed E-state index contributed by atoms with van der Waals surface area (Å²) >= 11 is 0. The molecule has 0 radical (unpaired) electrons. The number of carbonyl (C=O) groups is 1. The molecule has 0 spiro atoms. The number of nitrogens with zero attached hydrogens (tertiary/aromatic N) is 1. The van der Waals surface area contributed by atoms with Gasteiger partial charge in [0.15, 0.2) is 0 Å². The summed E-state index contributed by atoms with van der Waals surface area (Å²) in [5.74, 6) is 0.954. The Bertz CT molecular complexity index is 401. The van der Waals surface area contributed by atoms with Crippen molar-refractivity contribution < 1.29 is 4.79 Å². The number of anilines is 1. The first-order valence-corrected chi connectivity index (χ1v) is 5.13. The number of fused-ring (bicyclic) bond motifs is 1. The monoisotopic (exact) mass is 205 g/mol. The van der Waals surface area contributed by atoms with E-state index in [1.54, 1.807) is 6.20 Å². The lowest BCUT2D eigenvalue weighted by molar-refractivity contribution is -0.117. The fourth-order valence-corrected chi connectivity index (χ4v) is 1.65. The van der Waals surface area contributed by atoms with Gasteiger partial charge in [-0.3, -0.25) is 4.79 Å². The zero-order valence-electron chi connectivity index (χ0n) is 8.95. The molecule has 1 aromatic rings. The molecule has 1 aliphatic rings. The van der Waals surface area contributed by atoms with Gasteiger partial charge < -0.3 is 11.1 Å². The van der Waals surface area contributed by atoms with Gasteiger partial charge in [0.05, 0.1) is 6.04 Å². The summed E-state index contributed by atoms with van der Waals surface area (Å²) in [6.45, 7) is 4.23. The number of amides is 1. The Morgan fingerprint density at radius 3 is 3.00 bits per heavy atom. The van der Waals surface area contributed by atoms with Crippen LogP contribution in [-0.4, -0.2) is 16.9 Å². The molecule has 1 amide bonds. The van der Waals surface area contributed by atoms with E-state index in [1.165, 1.54) is 5.56 Å². The van der Waals surface area contributed by atoms with Crippen molar-refractivity contribution in [2.75, 3.05) is 5.32 Å². The Labute approximate surface area is 88.9 Å². The molecule has 0 aliphatic carbocycles. The van der Waals surface area contributed by atoms with Crippen LogP contribution >= 0.6 is 0 Å². The third kappa shape index (κ3) is 1.85. The molecule has 1 unspecified atom stereocenters. The molecule has 1 aromatic heterocycles. The highest BCUT2D eigenvalue weighted by Crippen LogP contribution is 2.23. The molecular formula is C11H15N3O. The van der Waals surface area contributed by atoms with Crippen LogP contribution in [0.1, 0.15) is 30.9 Å². The lowest BCUT2D eigenvalue weighted by Crippen LogP contribution is -2.41. The largest absolute Gasteiger partial charge is 0.320 e. The van der Waals surface area contributed by atoms with Gasteiger partial charge in [-0.25, -0.2) is 4.98 Å². The molecule has 2 heterocycles. The molecule has 15 heavy (non-hydrogen) atoms. The molecule has 0 fully saturated rings. The Kier molecular flexibility index (Phi) is 2.44. The number of pyridine rings is 1. The number of carbonyl (C=O) groups excluding carboxylic acids is 1. The first kappa shape index (κ1) is 10.1. The van der Waals surface area contributed by atoms with Crippen LogP contribution in [0, 0.1) is 0 Å². The van der Waals surface area contributed by atoms with E-state index in [4.69, 9.17) is 5.73 Å². The average molecular weight is 205 g/mol. The van der Waals surface area contributed by atoms with Crippen LogP contribution in [0.25, 0.3) is 0 Å². The van der Waals surface area contributed by atoms with E-state index in [0.717, 1.165) is 5.56 Å². The van der Waals surface area contributed by atoms with E-state index < -0.39 is 6.04 Å². The number of rotatable bonds is 1. The molecule has 2 rings (SSSR count). The smallest absolute Gasteiger partial charge is 0.242 e. The van der Waals surface area contributed by atoms with Gasteiger partial charge >= 0.3 is 0 Å². The van der Waals surface area contributed by atoms with Crippen molar-refractivity contribution in [2.24, 2.45) is 5.73 Å². The molecule has 4 heteroatoms. The fourth-order valence-electron chi connectivity index (χ4n) is 1.65. The van der Waals surface area contributed by atoms with Crippen molar-refractivity contribution in [3.8, 4) is 0 Å². The molecule has 3 N–H and O–H groups in total. The minimum Gasteiger partial charge on any atom is -0.320 e. The third-order valence-electron chi connectivity index (χ3n) is 2.67. The van der Waals surface area contributed by atoms with Gasteiger partial charge in [0, 0.05) is 12.6 Å². The number of nitrogens with two attached hydrogens (primary N) is 1. The summed E-state index contributed by atoms with van der Waals surface area (Å²) < 4.78 is 0. The number of aromatic nitrogens is 1. The van der Waals surface area contributed by atoms with Crippen LogP contribution in [0.5, 0.6) is 0 Å². The molecule has 1 aliphatic heterocycles. The number of nitrogens with one attached hydrogen (secondary N) is 1. The Hall–Kier alpha value is -1.42. The van der Waals surface area contributed by atoms with Crippen molar-refractivity contribution in [1.29, 1.82) is 0 Å². The predicted molar refractivity (Wildman–Crippen MR) is 58.6 cm³/mol. The summed E-state index contributed by atoms with van der Waals surface area (Å²) in [5, 5.41) is 2.70. The zero-order valence-corrected chi connectivity index (χ0v) is 8.95. The molecule has 0 bridgehead atoms. The second kappa shape index (κ2) is 3.62. The SMILES string of the molecule is CC(C)c1cnc2c(c1)CC(N)C(=O)N2. The van der Waals surface area contributed by atoms with Gasteiger partial charge in [0.2, 0.25) is 5.91 Å². The maximum atomic E-state index is 11.3. The van der Waals surface area contributed by atoms with E-state index in [0.29, 0.717) is 18.2 Å². The lowest BCUT2D eigenvalue weighted by atomic mass is 9.97. The molecule has 0 saturated heterocycles. The van der Waals surface area contributed by atoms with Crippen LogP contribution < -0.4 is 11.1 Å². The second-order valence-corrected chi connectivity index (χ2v) is 4.23. The summed E-state index contributed by atoms with van der Waals surface area (Å²) in [6, 6.07) is 1.63. The van der Waals surface area contributed by atoms with E-state index in [9.17, 15) is 4.79 Å². The lowest BCUT2D eigenvalue weighted by Gasteiger charge is -2.21. The van der Waals surface area contributed by atoms with Crippen LogP contribution in [0.4, 0.5) is 5.82 Å². The maximum Gasteiger partial charge on any atom is 0.242 e. The van der Waals surface area contributed by atoms with Crippen molar-refractivity contribution in [3.05, 3.63) is 23.4 Å². The zero-order chi connectivity index (χ0) is 11.0. The van der Waals surface area contributed by atoms with E-state index >= 15 is 0 Å². The summed E-state index contributed by atoms with van der Waals surface area (Å²) in [4.78, 5) is 15.5. The topological polar surface area (TPSA) is 68.0 Å². The normalized spacial score (nSPS) is 20.0. The third-order valence-corrected chi connectivity index (χ3v) is 2.67. The Morgan fingerprint density at radius 1 is 1.60 bits per heavy atom. The standard InChI is InChI=1S/C11H15N3O/c1-6(2)8-3-7-4-9(12)11(15)14-10(7)13-5-8/h3,5-6,9H,4,12H2,1-2H3,(H,13,14,15). The van der Waals surface area contributed by atoms with Gasteiger partial charge in [-0.15, -0.1) is 0 Å². The molecular weight excluding hydrogens is 190 g/mol. The average Bonchev–Trinajstić information content (AvgIpc) is 2.19. The Morgan fingerprint density at radius 2 is 2.33 bits per heavy atom. The van der Waals surface area contributed by atoms with Gasteiger partial charge in [-0.2, -0.15) is 0 Å². The molecule has 80 valence electrons.